The van der Waals surface area contributed by atoms with E-state index < -0.39 is 0 Å². The Labute approximate surface area is 153 Å². The van der Waals surface area contributed by atoms with Crippen LogP contribution in [0.1, 0.15) is 28.7 Å². The Kier molecular flexibility index (Phi) is 3.85. The molecule has 0 radical (unpaired) electrons. The van der Waals surface area contributed by atoms with Gasteiger partial charge in [-0.25, -0.2) is 19.0 Å². The van der Waals surface area contributed by atoms with Crippen LogP contribution in [0.5, 0.6) is 0 Å². The monoisotopic (exact) mass is 375 g/mol. The Balaban J connectivity index is 1.63. The van der Waals surface area contributed by atoms with Crippen LogP contribution in [-0.2, 0) is 12.8 Å². The molecule has 0 fully saturated rings. The number of halogens is 2. The van der Waals surface area contributed by atoms with Crippen molar-refractivity contribution in [1.82, 2.24) is 34.2 Å². The van der Waals surface area contributed by atoms with E-state index in [1.807, 2.05) is 26.8 Å². The van der Waals surface area contributed by atoms with Gasteiger partial charge >= 0.3 is 0 Å². The third kappa shape index (κ3) is 2.83. The number of aryl methyl sites for hydroxylation is 5. The zero-order chi connectivity index (χ0) is 17.7. The van der Waals surface area contributed by atoms with Gasteiger partial charge in [0.1, 0.15) is 0 Å². The molecule has 4 aromatic heterocycles. The van der Waals surface area contributed by atoms with Crippen molar-refractivity contribution in [2.75, 3.05) is 0 Å². The van der Waals surface area contributed by atoms with E-state index in [-0.39, 0.29) is 0 Å². The summed E-state index contributed by atoms with van der Waals surface area (Å²) in [5.41, 5.74) is 3.34. The maximum Gasteiger partial charge on any atom is 0.252 e. The fourth-order valence-corrected chi connectivity index (χ4v) is 3.24. The second kappa shape index (κ2) is 5.93. The molecule has 0 aliphatic heterocycles. The van der Waals surface area contributed by atoms with E-state index in [2.05, 4.69) is 25.1 Å². The van der Waals surface area contributed by atoms with Crippen LogP contribution in [0, 0.1) is 20.8 Å². The molecule has 4 heterocycles. The van der Waals surface area contributed by atoms with Gasteiger partial charge in [-0.15, -0.1) is 5.10 Å². The largest absolute Gasteiger partial charge is 0.252 e. The molecule has 7 nitrogen and oxygen atoms in total. The van der Waals surface area contributed by atoms with E-state index in [1.165, 1.54) is 0 Å². The number of pyridine rings is 1. The average molecular weight is 376 g/mol. The Bertz CT molecular complexity index is 1110. The van der Waals surface area contributed by atoms with Crippen LogP contribution in [-0.4, -0.2) is 34.2 Å². The first-order valence-corrected chi connectivity index (χ1v) is 8.58. The topological polar surface area (TPSA) is 73.3 Å². The zero-order valence-electron chi connectivity index (χ0n) is 14.0. The molecule has 0 bridgehead atoms. The summed E-state index contributed by atoms with van der Waals surface area (Å²) in [4.78, 5) is 13.4. The Morgan fingerprint density at radius 2 is 1.52 bits per heavy atom. The van der Waals surface area contributed by atoms with E-state index in [9.17, 15) is 0 Å². The Hall–Kier alpha value is -2.25. The van der Waals surface area contributed by atoms with Crippen molar-refractivity contribution < 1.29 is 0 Å². The van der Waals surface area contributed by atoms with Gasteiger partial charge in [0.05, 0.1) is 15.7 Å². The van der Waals surface area contributed by atoms with Gasteiger partial charge in [0.15, 0.2) is 17.3 Å². The van der Waals surface area contributed by atoms with Crippen LogP contribution >= 0.6 is 23.2 Å². The number of nitrogens with zero attached hydrogens (tertiary/aromatic N) is 7. The number of hydrogen-bond acceptors (Lipinski definition) is 5. The van der Waals surface area contributed by atoms with Gasteiger partial charge in [0.2, 0.25) is 0 Å². The molecule has 0 aliphatic carbocycles. The molecular weight excluding hydrogens is 361 g/mol. The molecule has 0 N–H and O–H groups in total. The lowest BCUT2D eigenvalue weighted by Gasteiger charge is -2.01. The van der Waals surface area contributed by atoms with Gasteiger partial charge < -0.3 is 0 Å². The van der Waals surface area contributed by atoms with Gasteiger partial charge in [-0.2, -0.15) is 10.1 Å². The highest BCUT2D eigenvalue weighted by molar-refractivity contribution is 6.36. The van der Waals surface area contributed by atoms with Crippen molar-refractivity contribution >= 4 is 34.6 Å². The summed E-state index contributed by atoms with van der Waals surface area (Å²) in [5, 5.41) is 10.0. The summed E-state index contributed by atoms with van der Waals surface area (Å²) in [6.45, 7) is 5.81. The lowest BCUT2D eigenvalue weighted by molar-refractivity contribution is 0.777. The van der Waals surface area contributed by atoms with Crippen LogP contribution in [0.25, 0.3) is 11.4 Å². The maximum atomic E-state index is 6.21. The van der Waals surface area contributed by atoms with Crippen molar-refractivity contribution in [1.29, 1.82) is 0 Å². The minimum absolute atomic E-state index is 0.482. The minimum Gasteiger partial charge on any atom is -0.216 e. The van der Waals surface area contributed by atoms with E-state index in [0.29, 0.717) is 46.0 Å². The van der Waals surface area contributed by atoms with Crippen LogP contribution in [0.3, 0.4) is 0 Å². The summed E-state index contributed by atoms with van der Waals surface area (Å²) in [5.74, 6) is 1.99. The molecule has 25 heavy (non-hydrogen) atoms. The predicted octanol–water partition coefficient (Wildman–Crippen LogP) is 3.18. The summed E-state index contributed by atoms with van der Waals surface area (Å²) in [6, 6.07) is 3.66. The van der Waals surface area contributed by atoms with Crippen molar-refractivity contribution in [2.45, 2.75) is 33.6 Å². The highest BCUT2D eigenvalue weighted by Crippen LogP contribution is 2.24. The van der Waals surface area contributed by atoms with Gasteiger partial charge in [-0.3, -0.25) is 0 Å². The third-order valence-electron chi connectivity index (χ3n) is 4.02. The van der Waals surface area contributed by atoms with Crippen molar-refractivity contribution in [2.24, 2.45) is 0 Å². The number of aromatic nitrogens is 7. The second-order valence-electron chi connectivity index (χ2n) is 5.97. The van der Waals surface area contributed by atoms with Crippen molar-refractivity contribution in [3.63, 3.8) is 0 Å². The van der Waals surface area contributed by atoms with E-state index in [0.717, 1.165) is 17.1 Å². The standard InChI is InChI=1S/C16H15Cl2N7/c1-8-6-9(2)24-16(19-8)21-14(22-24)5-4-13-20-15-12(18)7-11(17)10(3)25(15)23-13/h6-7H,4-5H2,1-3H3. The van der Waals surface area contributed by atoms with Gasteiger partial charge in [-0.1, -0.05) is 23.2 Å². The molecule has 0 atom stereocenters. The highest BCUT2D eigenvalue weighted by Gasteiger charge is 2.14. The average Bonchev–Trinajstić information content (AvgIpc) is 3.15. The van der Waals surface area contributed by atoms with Gasteiger partial charge in [0, 0.05) is 24.2 Å². The molecule has 128 valence electrons. The van der Waals surface area contributed by atoms with Crippen LogP contribution in [0.15, 0.2) is 12.1 Å². The lowest BCUT2D eigenvalue weighted by Crippen LogP contribution is -1.99. The quantitative estimate of drug-likeness (QED) is 0.549. The SMILES string of the molecule is Cc1cc(C)n2nc(CCc3nc4c(Cl)cc(Cl)c(C)n4n3)nc2n1. The molecule has 0 amide bonds. The summed E-state index contributed by atoms with van der Waals surface area (Å²) >= 11 is 12.4. The molecule has 0 spiro atoms. The minimum atomic E-state index is 0.482. The summed E-state index contributed by atoms with van der Waals surface area (Å²) in [7, 11) is 0. The van der Waals surface area contributed by atoms with E-state index >= 15 is 0 Å². The second-order valence-corrected chi connectivity index (χ2v) is 6.78. The smallest absolute Gasteiger partial charge is 0.216 e. The first-order chi connectivity index (χ1) is 11.9. The maximum absolute atomic E-state index is 6.21. The first kappa shape index (κ1) is 16.2. The summed E-state index contributed by atoms with van der Waals surface area (Å²) in [6.07, 6.45) is 1.22. The first-order valence-electron chi connectivity index (χ1n) is 7.82. The van der Waals surface area contributed by atoms with E-state index in [4.69, 9.17) is 23.2 Å². The summed E-state index contributed by atoms with van der Waals surface area (Å²) < 4.78 is 3.42. The fraction of sp³-hybridized carbons (Fsp3) is 0.312. The molecule has 0 saturated heterocycles. The molecule has 9 heteroatoms. The highest BCUT2D eigenvalue weighted by atomic mass is 35.5. The molecule has 4 aromatic rings. The van der Waals surface area contributed by atoms with Crippen LogP contribution in [0.2, 0.25) is 10.0 Å². The Morgan fingerprint density at radius 3 is 2.28 bits per heavy atom. The predicted molar refractivity (Wildman–Crippen MR) is 95.4 cm³/mol. The van der Waals surface area contributed by atoms with Crippen LogP contribution in [0.4, 0.5) is 0 Å². The Morgan fingerprint density at radius 1 is 0.840 bits per heavy atom. The van der Waals surface area contributed by atoms with E-state index in [1.54, 1.807) is 15.1 Å². The van der Waals surface area contributed by atoms with Gasteiger partial charge in [-0.05, 0) is 32.9 Å². The molecular formula is C16H15Cl2N7. The lowest BCUT2D eigenvalue weighted by atomic mass is 10.3. The number of hydrogen-bond donors (Lipinski definition) is 0. The van der Waals surface area contributed by atoms with Crippen LogP contribution < -0.4 is 0 Å². The third-order valence-corrected chi connectivity index (χ3v) is 4.68. The fourth-order valence-electron chi connectivity index (χ4n) is 2.77. The molecule has 0 saturated carbocycles. The molecule has 4 rings (SSSR count). The zero-order valence-corrected chi connectivity index (χ0v) is 15.5. The normalized spacial score (nSPS) is 11.7. The number of fused-ring (bicyclic) bond motifs is 2. The molecule has 0 aromatic carbocycles. The van der Waals surface area contributed by atoms with Crippen molar-refractivity contribution in [3.8, 4) is 0 Å². The van der Waals surface area contributed by atoms with Crippen molar-refractivity contribution in [3.05, 3.63) is 50.9 Å². The molecule has 0 aliphatic rings. The molecule has 0 unspecified atom stereocenters. The number of rotatable bonds is 3. The van der Waals surface area contributed by atoms with Gasteiger partial charge in [0.25, 0.3) is 5.78 Å².